The number of hydrogen-bond donors (Lipinski definition) is 0. The zero-order valence-corrected chi connectivity index (χ0v) is 12.3. The van der Waals surface area contributed by atoms with E-state index < -0.39 is 0 Å². The highest BCUT2D eigenvalue weighted by Crippen LogP contribution is 2.19. The number of nitriles is 1. The highest BCUT2D eigenvalue weighted by molar-refractivity contribution is 5.36. The molecule has 1 fully saturated rings. The lowest BCUT2D eigenvalue weighted by molar-refractivity contribution is 0.158. The second-order valence-electron chi connectivity index (χ2n) is 5.44. The van der Waals surface area contributed by atoms with Crippen LogP contribution in [0.4, 0.5) is 0 Å². The second kappa shape index (κ2) is 7.91. The van der Waals surface area contributed by atoms with E-state index in [1.165, 1.54) is 38.6 Å². The van der Waals surface area contributed by atoms with Gasteiger partial charge in [0.05, 0.1) is 11.6 Å². The molecule has 3 nitrogen and oxygen atoms in total. The van der Waals surface area contributed by atoms with Gasteiger partial charge in [0.25, 0.3) is 0 Å². The van der Waals surface area contributed by atoms with Crippen LogP contribution in [0.2, 0.25) is 0 Å². The summed E-state index contributed by atoms with van der Waals surface area (Å²) in [5, 5.41) is 8.88. The molecule has 2 rings (SSSR count). The first-order valence-corrected chi connectivity index (χ1v) is 7.70. The van der Waals surface area contributed by atoms with Gasteiger partial charge in [0, 0.05) is 12.6 Å². The van der Waals surface area contributed by atoms with Gasteiger partial charge in [-0.2, -0.15) is 5.26 Å². The molecule has 0 radical (unpaired) electrons. The van der Waals surface area contributed by atoms with Gasteiger partial charge in [0.1, 0.15) is 12.4 Å². The topological polar surface area (TPSA) is 36.3 Å². The Balaban J connectivity index is 1.83. The summed E-state index contributed by atoms with van der Waals surface area (Å²) < 4.78 is 5.79. The number of ether oxygens (including phenoxy) is 1. The smallest absolute Gasteiger partial charge is 0.120 e. The standard InChI is InChI=1S/C17H24N2O/c1-2-16-8-4-3-5-10-19(16)11-12-20-17-9-6-7-15(13-17)14-18/h6-7,9,13,16H,2-5,8,10-12H2,1H3. The lowest BCUT2D eigenvalue weighted by Gasteiger charge is -2.28. The predicted octanol–water partition coefficient (Wildman–Crippen LogP) is 3.59. The minimum Gasteiger partial charge on any atom is -0.492 e. The molecule has 1 unspecified atom stereocenters. The van der Waals surface area contributed by atoms with Gasteiger partial charge in [-0.1, -0.05) is 25.8 Å². The van der Waals surface area contributed by atoms with E-state index in [1.807, 2.05) is 12.1 Å². The molecule has 0 amide bonds. The molecule has 1 saturated heterocycles. The van der Waals surface area contributed by atoms with E-state index in [9.17, 15) is 0 Å². The number of rotatable bonds is 5. The van der Waals surface area contributed by atoms with Crippen LogP contribution >= 0.6 is 0 Å². The molecule has 0 saturated carbocycles. The fourth-order valence-electron chi connectivity index (χ4n) is 2.93. The molecule has 1 aliphatic heterocycles. The number of hydrogen-bond acceptors (Lipinski definition) is 3. The Kier molecular flexibility index (Phi) is 5.88. The Bertz CT molecular complexity index is 453. The molecule has 0 aliphatic carbocycles. The monoisotopic (exact) mass is 272 g/mol. The van der Waals surface area contributed by atoms with Gasteiger partial charge >= 0.3 is 0 Å². The Morgan fingerprint density at radius 2 is 2.25 bits per heavy atom. The number of benzene rings is 1. The van der Waals surface area contributed by atoms with Crippen LogP contribution < -0.4 is 4.74 Å². The van der Waals surface area contributed by atoms with Crippen molar-refractivity contribution in [3.8, 4) is 11.8 Å². The summed E-state index contributed by atoms with van der Waals surface area (Å²) in [5.74, 6) is 0.798. The molecular formula is C17H24N2O. The van der Waals surface area contributed by atoms with Crippen LogP contribution in [0.1, 0.15) is 44.6 Å². The molecule has 3 heteroatoms. The van der Waals surface area contributed by atoms with E-state index in [0.29, 0.717) is 18.2 Å². The van der Waals surface area contributed by atoms with E-state index in [1.54, 1.807) is 12.1 Å². The van der Waals surface area contributed by atoms with Crippen molar-refractivity contribution in [1.82, 2.24) is 4.90 Å². The fraction of sp³-hybridized carbons (Fsp3) is 0.588. The third-order valence-electron chi connectivity index (χ3n) is 4.08. The maximum Gasteiger partial charge on any atom is 0.120 e. The van der Waals surface area contributed by atoms with Crippen molar-refractivity contribution in [2.75, 3.05) is 19.7 Å². The Morgan fingerprint density at radius 1 is 1.35 bits per heavy atom. The van der Waals surface area contributed by atoms with E-state index >= 15 is 0 Å². The van der Waals surface area contributed by atoms with E-state index in [0.717, 1.165) is 12.3 Å². The lowest BCUT2D eigenvalue weighted by atomic mass is 10.1. The van der Waals surface area contributed by atoms with Crippen LogP contribution in [-0.4, -0.2) is 30.6 Å². The average Bonchev–Trinajstić information content (AvgIpc) is 2.72. The number of nitrogens with zero attached hydrogens (tertiary/aromatic N) is 2. The summed E-state index contributed by atoms with van der Waals surface area (Å²) in [6.45, 7) is 5.15. The molecule has 1 atom stereocenters. The molecule has 1 heterocycles. The molecule has 20 heavy (non-hydrogen) atoms. The summed E-state index contributed by atoms with van der Waals surface area (Å²) in [6, 6.07) is 10.2. The first-order chi connectivity index (χ1) is 9.83. The minimum absolute atomic E-state index is 0.656. The van der Waals surface area contributed by atoms with Gasteiger partial charge in [0.2, 0.25) is 0 Å². The molecule has 0 bridgehead atoms. The second-order valence-corrected chi connectivity index (χ2v) is 5.44. The van der Waals surface area contributed by atoms with E-state index in [2.05, 4.69) is 17.9 Å². The van der Waals surface area contributed by atoms with Crippen molar-refractivity contribution in [3.63, 3.8) is 0 Å². The summed E-state index contributed by atoms with van der Waals surface area (Å²) >= 11 is 0. The van der Waals surface area contributed by atoms with Crippen molar-refractivity contribution in [1.29, 1.82) is 5.26 Å². The van der Waals surface area contributed by atoms with E-state index in [-0.39, 0.29) is 0 Å². The van der Waals surface area contributed by atoms with Gasteiger partial charge in [-0.05, 0) is 44.0 Å². The number of likely N-dealkylation sites (tertiary alicyclic amines) is 1. The molecule has 108 valence electrons. The summed E-state index contributed by atoms with van der Waals surface area (Å²) in [7, 11) is 0. The Morgan fingerprint density at radius 3 is 3.05 bits per heavy atom. The molecule has 1 aliphatic rings. The quantitative estimate of drug-likeness (QED) is 0.822. The Hall–Kier alpha value is -1.53. The van der Waals surface area contributed by atoms with Gasteiger partial charge in [-0.15, -0.1) is 0 Å². The normalized spacial score (nSPS) is 20.1. The van der Waals surface area contributed by atoms with Crippen molar-refractivity contribution >= 4 is 0 Å². The fourth-order valence-corrected chi connectivity index (χ4v) is 2.93. The summed E-state index contributed by atoms with van der Waals surface area (Å²) in [5.41, 5.74) is 0.656. The molecule has 0 spiro atoms. The highest BCUT2D eigenvalue weighted by Gasteiger charge is 2.18. The maximum atomic E-state index is 8.88. The first kappa shape index (κ1) is 14.9. The zero-order chi connectivity index (χ0) is 14.2. The van der Waals surface area contributed by atoms with Gasteiger partial charge in [-0.25, -0.2) is 0 Å². The van der Waals surface area contributed by atoms with Crippen LogP contribution in [0.3, 0.4) is 0 Å². The zero-order valence-electron chi connectivity index (χ0n) is 12.3. The highest BCUT2D eigenvalue weighted by atomic mass is 16.5. The van der Waals surface area contributed by atoms with Crippen LogP contribution in [0, 0.1) is 11.3 Å². The Labute approximate surface area is 122 Å². The largest absolute Gasteiger partial charge is 0.492 e. The minimum atomic E-state index is 0.656. The third-order valence-corrected chi connectivity index (χ3v) is 4.08. The molecule has 1 aromatic rings. The van der Waals surface area contributed by atoms with Gasteiger partial charge < -0.3 is 4.74 Å². The first-order valence-electron chi connectivity index (χ1n) is 7.70. The third kappa shape index (κ3) is 4.25. The predicted molar refractivity (Wildman–Crippen MR) is 80.8 cm³/mol. The molecule has 0 aromatic heterocycles. The van der Waals surface area contributed by atoms with Crippen LogP contribution in [0.25, 0.3) is 0 Å². The average molecular weight is 272 g/mol. The summed E-state index contributed by atoms with van der Waals surface area (Å²) in [4.78, 5) is 2.57. The van der Waals surface area contributed by atoms with Crippen LogP contribution in [-0.2, 0) is 0 Å². The van der Waals surface area contributed by atoms with Crippen LogP contribution in [0.15, 0.2) is 24.3 Å². The van der Waals surface area contributed by atoms with E-state index in [4.69, 9.17) is 10.00 Å². The van der Waals surface area contributed by atoms with Crippen molar-refractivity contribution in [2.45, 2.75) is 45.1 Å². The lowest BCUT2D eigenvalue weighted by Crippen LogP contribution is -2.37. The maximum absolute atomic E-state index is 8.88. The van der Waals surface area contributed by atoms with Gasteiger partial charge in [0.15, 0.2) is 0 Å². The molecule has 1 aromatic carbocycles. The van der Waals surface area contributed by atoms with Crippen LogP contribution in [0.5, 0.6) is 5.75 Å². The summed E-state index contributed by atoms with van der Waals surface area (Å²) in [6.07, 6.45) is 6.57. The van der Waals surface area contributed by atoms with Crippen molar-refractivity contribution in [2.24, 2.45) is 0 Å². The SMILES string of the molecule is CCC1CCCCCN1CCOc1cccc(C#N)c1. The molecular weight excluding hydrogens is 248 g/mol. The van der Waals surface area contributed by atoms with Gasteiger partial charge in [-0.3, -0.25) is 4.90 Å². The van der Waals surface area contributed by atoms with Crippen molar-refractivity contribution in [3.05, 3.63) is 29.8 Å². The molecule has 0 N–H and O–H groups in total. The van der Waals surface area contributed by atoms with Crippen molar-refractivity contribution < 1.29 is 4.74 Å².